The second-order valence-corrected chi connectivity index (χ2v) is 4.73. The molecule has 1 aliphatic rings. The maximum Gasteiger partial charge on any atom is 0.326 e. The maximum absolute atomic E-state index is 11.4. The third-order valence-corrected chi connectivity index (χ3v) is 2.57. The monoisotopic (exact) mass is 257 g/mol. The Hall–Kier alpha value is -1.79. The van der Waals surface area contributed by atoms with Gasteiger partial charge in [0.1, 0.15) is 6.04 Å². The molecular formula is C11H19N3O4. The van der Waals surface area contributed by atoms with E-state index in [-0.39, 0.29) is 24.4 Å². The number of hydrogen-bond donors (Lipinski definition) is 4. The first-order valence-electron chi connectivity index (χ1n) is 5.96. The van der Waals surface area contributed by atoms with Gasteiger partial charge in [-0.25, -0.2) is 9.59 Å². The van der Waals surface area contributed by atoms with E-state index in [4.69, 9.17) is 5.11 Å². The Labute approximate surface area is 105 Å². The fourth-order valence-corrected chi connectivity index (χ4v) is 1.37. The summed E-state index contributed by atoms with van der Waals surface area (Å²) in [7, 11) is 0. The van der Waals surface area contributed by atoms with E-state index in [1.54, 1.807) is 13.8 Å². The molecule has 7 nitrogen and oxygen atoms in total. The van der Waals surface area contributed by atoms with Crippen LogP contribution in [0.1, 0.15) is 26.7 Å². The summed E-state index contributed by atoms with van der Waals surface area (Å²) >= 11 is 0. The van der Waals surface area contributed by atoms with E-state index >= 15 is 0 Å². The number of urea groups is 1. The van der Waals surface area contributed by atoms with Gasteiger partial charge >= 0.3 is 12.0 Å². The van der Waals surface area contributed by atoms with Crippen molar-refractivity contribution in [3.63, 3.8) is 0 Å². The highest BCUT2D eigenvalue weighted by Gasteiger charge is 2.25. The summed E-state index contributed by atoms with van der Waals surface area (Å²) in [6, 6.07) is -1.37. The highest BCUT2D eigenvalue weighted by Crippen LogP contribution is 2.18. The van der Waals surface area contributed by atoms with Crippen LogP contribution in [0.2, 0.25) is 0 Å². The molecular weight excluding hydrogens is 238 g/mol. The van der Waals surface area contributed by atoms with E-state index < -0.39 is 18.0 Å². The van der Waals surface area contributed by atoms with Crippen molar-refractivity contribution in [1.29, 1.82) is 0 Å². The molecule has 0 spiro atoms. The van der Waals surface area contributed by atoms with Crippen LogP contribution >= 0.6 is 0 Å². The molecule has 3 amide bonds. The van der Waals surface area contributed by atoms with Crippen LogP contribution in [0.5, 0.6) is 0 Å². The Balaban J connectivity index is 2.26. The van der Waals surface area contributed by atoms with Crippen molar-refractivity contribution in [1.82, 2.24) is 16.0 Å². The normalized spacial score (nSPS) is 15.9. The van der Waals surface area contributed by atoms with Gasteiger partial charge in [-0.05, 0) is 18.8 Å². The summed E-state index contributed by atoms with van der Waals surface area (Å²) < 4.78 is 0. The first kappa shape index (κ1) is 14.3. The van der Waals surface area contributed by atoms with Gasteiger partial charge in [-0.15, -0.1) is 0 Å². The second kappa shape index (κ2) is 6.23. The summed E-state index contributed by atoms with van der Waals surface area (Å²) in [5.74, 6) is -1.58. The smallest absolute Gasteiger partial charge is 0.326 e. The van der Waals surface area contributed by atoms with Gasteiger partial charge in [0.25, 0.3) is 0 Å². The molecule has 0 aliphatic heterocycles. The van der Waals surface area contributed by atoms with Gasteiger partial charge in [0.15, 0.2) is 0 Å². The molecule has 1 aliphatic carbocycles. The van der Waals surface area contributed by atoms with E-state index in [0.717, 1.165) is 12.8 Å². The molecule has 0 radical (unpaired) electrons. The van der Waals surface area contributed by atoms with E-state index in [2.05, 4.69) is 16.0 Å². The molecule has 102 valence electrons. The second-order valence-electron chi connectivity index (χ2n) is 4.73. The summed E-state index contributed by atoms with van der Waals surface area (Å²) in [5.41, 5.74) is 0. The van der Waals surface area contributed by atoms with Crippen molar-refractivity contribution in [3.8, 4) is 0 Å². The SMILES string of the molecule is CC(C)[C@H](NC(=O)NCC(=O)NC1CC1)C(=O)O. The lowest BCUT2D eigenvalue weighted by atomic mass is 10.1. The minimum absolute atomic E-state index is 0.146. The quantitative estimate of drug-likeness (QED) is 0.522. The summed E-state index contributed by atoms with van der Waals surface area (Å²) in [5, 5.41) is 16.2. The molecule has 0 unspecified atom stereocenters. The van der Waals surface area contributed by atoms with Crippen LogP contribution in [-0.2, 0) is 9.59 Å². The van der Waals surface area contributed by atoms with E-state index in [9.17, 15) is 14.4 Å². The lowest BCUT2D eigenvalue weighted by Gasteiger charge is -2.18. The molecule has 18 heavy (non-hydrogen) atoms. The van der Waals surface area contributed by atoms with Gasteiger partial charge in [0.05, 0.1) is 6.54 Å². The third-order valence-electron chi connectivity index (χ3n) is 2.57. The number of nitrogens with one attached hydrogen (secondary N) is 3. The number of carbonyl (C=O) groups is 3. The molecule has 0 aromatic heterocycles. The topological polar surface area (TPSA) is 108 Å². The van der Waals surface area contributed by atoms with Crippen LogP contribution in [-0.4, -0.2) is 41.6 Å². The van der Waals surface area contributed by atoms with Gasteiger partial charge in [0, 0.05) is 6.04 Å². The van der Waals surface area contributed by atoms with Crippen LogP contribution in [0.25, 0.3) is 0 Å². The van der Waals surface area contributed by atoms with Crippen molar-refractivity contribution in [2.75, 3.05) is 6.54 Å². The van der Waals surface area contributed by atoms with Crippen LogP contribution < -0.4 is 16.0 Å². The molecule has 0 heterocycles. The average Bonchev–Trinajstić information content (AvgIpc) is 3.06. The standard InChI is InChI=1S/C11H19N3O4/c1-6(2)9(10(16)17)14-11(18)12-5-8(15)13-7-3-4-7/h6-7,9H,3-5H2,1-2H3,(H,13,15)(H,16,17)(H2,12,14,18)/t9-/m0/s1. The van der Waals surface area contributed by atoms with E-state index in [1.165, 1.54) is 0 Å². The highest BCUT2D eigenvalue weighted by molar-refractivity contribution is 5.86. The van der Waals surface area contributed by atoms with Crippen molar-refractivity contribution in [3.05, 3.63) is 0 Å². The molecule has 1 fully saturated rings. The molecule has 0 bridgehead atoms. The van der Waals surface area contributed by atoms with E-state index in [1.807, 2.05) is 0 Å². The zero-order chi connectivity index (χ0) is 13.7. The molecule has 1 atom stereocenters. The molecule has 0 aromatic carbocycles. The van der Waals surface area contributed by atoms with Gasteiger partial charge < -0.3 is 21.1 Å². The van der Waals surface area contributed by atoms with Gasteiger partial charge in [-0.3, -0.25) is 4.79 Å². The number of amides is 3. The van der Waals surface area contributed by atoms with Crippen molar-refractivity contribution in [2.45, 2.75) is 38.8 Å². The Bertz CT molecular complexity index is 339. The predicted octanol–water partition coefficient (Wildman–Crippen LogP) is -0.327. The Morgan fingerprint density at radius 3 is 2.33 bits per heavy atom. The predicted molar refractivity (Wildman–Crippen MR) is 64.0 cm³/mol. The first-order chi connectivity index (χ1) is 8.40. The summed E-state index contributed by atoms with van der Waals surface area (Å²) in [4.78, 5) is 33.5. The largest absolute Gasteiger partial charge is 0.480 e. The number of aliphatic carboxylic acids is 1. The molecule has 7 heteroatoms. The zero-order valence-corrected chi connectivity index (χ0v) is 10.5. The first-order valence-corrected chi connectivity index (χ1v) is 5.96. The van der Waals surface area contributed by atoms with Crippen LogP contribution in [0, 0.1) is 5.92 Å². The van der Waals surface area contributed by atoms with Crippen molar-refractivity contribution >= 4 is 17.9 Å². The molecule has 0 saturated heterocycles. The van der Waals surface area contributed by atoms with Gasteiger partial charge in [-0.2, -0.15) is 0 Å². The lowest BCUT2D eigenvalue weighted by molar-refractivity contribution is -0.140. The maximum atomic E-state index is 11.4. The third kappa shape index (κ3) is 5.03. The number of carbonyl (C=O) groups excluding carboxylic acids is 2. The summed E-state index contributed by atoms with van der Waals surface area (Å²) in [6.45, 7) is 3.24. The average molecular weight is 257 g/mol. The highest BCUT2D eigenvalue weighted by atomic mass is 16.4. The van der Waals surface area contributed by atoms with Crippen molar-refractivity contribution in [2.24, 2.45) is 5.92 Å². The zero-order valence-electron chi connectivity index (χ0n) is 10.5. The van der Waals surface area contributed by atoms with Crippen LogP contribution in [0.4, 0.5) is 4.79 Å². The Morgan fingerprint density at radius 1 is 1.28 bits per heavy atom. The number of hydrogen-bond acceptors (Lipinski definition) is 3. The molecule has 0 aromatic rings. The number of rotatable bonds is 6. The summed E-state index contributed by atoms with van der Waals surface area (Å²) in [6.07, 6.45) is 1.96. The van der Waals surface area contributed by atoms with Crippen molar-refractivity contribution < 1.29 is 19.5 Å². The minimum Gasteiger partial charge on any atom is -0.480 e. The molecule has 1 saturated carbocycles. The van der Waals surface area contributed by atoms with Gasteiger partial charge in [-0.1, -0.05) is 13.8 Å². The van der Waals surface area contributed by atoms with Gasteiger partial charge in [0.2, 0.25) is 5.91 Å². The van der Waals surface area contributed by atoms with Crippen LogP contribution in [0.15, 0.2) is 0 Å². The molecule has 4 N–H and O–H groups in total. The number of carboxylic acids is 1. The Kier molecular flexibility index (Phi) is 4.94. The van der Waals surface area contributed by atoms with Crippen LogP contribution in [0.3, 0.4) is 0 Å². The number of carboxylic acid groups (broad SMARTS) is 1. The lowest BCUT2D eigenvalue weighted by Crippen LogP contribution is -2.50. The fourth-order valence-electron chi connectivity index (χ4n) is 1.37. The Morgan fingerprint density at radius 2 is 1.89 bits per heavy atom. The fraction of sp³-hybridized carbons (Fsp3) is 0.727. The van der Waals surface area contributed by atoms with E-state index in [0.29, 0.717) is 0 Å². The molecule has 1 rings (SSSR count). The minimum atomic E-state index is -1.09.